The fourth-order valence-electron chi connectivity index (χ4n) is 1.72. The van der Waals surface area contributed by atoms with Crippen molar-refractivity contribution in [2.45, 2.75) is 19.9 Å². The van der Waals surface area contributed by atoms with Gasteiger partial charge in [0.05, 0.1) is 5.69 Å². The van der Waals surface area contributed by atoms with Gasteiger partial charge in [0.25, 0.3) is 0 Å². The maximum Gasteiger partial charge on any atom is 0.125 e. The Bertz CT molecular complexity index is 568. The lowest BCUT2D eigenvalue weighted by Gasteiger charge is -2.07. The largest absolute Gasteiger partial charge is 0.312 e. The van der Waals surface area contributed by atoms with Crippen molar-refractivity contribution in [3.63, 3.8) is 0 Å². The first-order chi connectivity index (χ1) is 8.52. The summed E-state index contributed by atoms with van der Waals surface area (Å²) in [7, 11) is 1.92. The lowest BCUT2D eigenvalue weighted by Crippen LogP contribution is -2.11. The van der Waals surface area contributed by atoms with Crippen LogP contribution in [0.2, 0.25) is 0 Å². The van der Waals surface area contributed by atoms with Gasteiger partial charge >= 0.3 is 0 Å². The molecule has 1 N–H and O–H groups in total. The Kier molecular flexibility index (Phi) is 4.14. The Morgan fingerprint density at radius 2 is 2.17 bits per heavy atom. The summed E-state index contributed by atoms with van der Waals surface area (Å²) in [4.78, 5) is 5.72. The monoisotopic (exact) mass is 328 g/mol. The summed E-state index contributed by atoms with van der Waals surface area (Å²) in [6.45, 7) is 4.07. The molecular formula is C13H14BrFN2S. The molecule has 5 heteroatoms. The van der Waals surface area contributed by atoms with Crippen LogP contribution in [-0.2, 0) is 0 Å². The molecule has 1 heterocycles. The molecule has 18 heavy (non-hydrogen) atoms. The Labute approximate surface area is 118 Å². The molecule has 96 valence electrons. The fourth-order valence-corrected chi connectivity index (χ4v) is 3.44. The summed E-state index contributed by atoms with van der Waals surface area (Å²) in [5.74, 6) is -0.246. The van der Waals surface area contributed by atoms with E-state index in [1.807, 2.05) is 14.0 Å². The summed E-state index contributed by atoms with van der Waals surface area (Å²) in [6.07, 6.45) is 0. The first kappa shape index (κ1) is 13.6. The number of hydrogen-bond acceptors (Lipinski definition) is 3. The van der Waals surface area contributed by atoms with Gasteiger partial charge in [-0.2, -0.15) is 0 Å². The third-order valence-electron chi connectivity index (χ3n) is 2.82. The van der Waals surface area contributed by atoms with Gasteiger partial charge in [0.1, 0.15) is 10.8 Å². The molecule has 0 saturated heterocycles. The highest BCUT2D eigenvalue weighted by Crippen LogP contribution is 2.35. The van der Waals surface area contributed by atoms with Gasteiger partial charge < -0.3 is 5.32 Å². The minimum atomic E-state index is -0.246. The van der Waals surface area contributed by atoms with Crippen molar-refractivity contribution in [3.8, 4) is 10.6 Å². The maximum atomic E-state index is 13.3. The Morgan fingerprint density at radius 3 is 2.83 bits per heavy atom. The Balaban J connectivity index is 2.49. The number of aromatic nitrogens is 1. The Hall–Kier alpha value is -0.780. The molecule has 2 aromatic rings. The summed E-state index contributed by atoms with van der Waals surface area (Å²) >= 11 is 5.04. The zero-order valence-corrected chi connectivity index (χ0v) is 12.8. The zero-order valence-electron chi connectivity index (χ0n) is 10.4. The van der Waals surface area contributed by atoms with Crippen molar-refractivity contribution in [1.29, 1.82) is 0 Å². The first-order valence-electron chi connectivity index (χ1n) is 5.63. The van der Waals surface area contributed by atoms with Crippen molar-refractivity contribution in [3.05, 3.63) is 39.1 Å². The smallest absolute Gasteiger partial charge is 0.125 e. The second-order valence-electron chi connectivity index (χ2n) is 4.10. The number of aryl methyl sites for hydroxylation is 1. The van der Waals surface area contributed by atoms with E-state index in [9.17, 15) is 4.39 Å². The van der Waals surface area contributed by atoms with E-state index >= 15 is 0 Å². The minimum Gasteiger partial charge on any atom is -0.312 e. The van der Waals surface area contributed by atoms with Gasteiger partial charge in [0, 0.05) is 21.0 Å². The van der Waals surface area contributed by atoms with Crippen LogP contribution in [-0.4, -0.2) is 12.0 Å². The lowest BCUT2D eigenvalue weighted by atomic mass is 10.2. The highest BCUT2D eigenvalue weighted by atomic mass is 79.9. The summed E-state index contributed by atoms with van der Waals surface area (Å²) in [6, 6.07) is 4.91. The number of rotatable bonds is 3. The predicted octanol–water partition coefficient (Wildman–Crippen LogP) is 4.30. The van der Waals surface area contributed by atoms with Gasteiger partial charge in [-0.05, 0) is 39.1 Å². The van der Waals surface area contributed by atoms with E-state index in [-0.39, 0.29) is 11.9 Å². The van der Waals surface area contributed by atoms with Gasteiger partial charge in [-0.25, -0.2) is 9.37 Å². The third kappa shape index (κ3) is 2.63. The quantitative estimate of drug-likeness (QED) is 0.908. The molecule has 0 aliphatic rings. The van der Waals surface area contributed by atoms with Gasteiger partial charge in [0.2, 0.25) is 0 Å². The summed E-state index contributed by atoms with van der Waals surface area (Å²) < 4.78 is 14.2. The maximum absolute atomic E-state index is 13.3. The van der Waals surface area contributed by atoms with E-state index in [1.165, 1.54) is 17.0 Å². The molecule has 0 bridgehead atoms. The second kappa shape index (κ2) is 5.47. The summed E-state index contributed by atoms with van der Waals surface area (Å²) in [5.41, 5.74) is 1.80. The first-order valence-corrected chi connectivity index (χ1v) is 7.24. The van der Waals surface area contributed by atoms with E-state index in [0.29, 0.717) is 0 Å². The number of thiazole rings is 1. The fraction of sp³-hybridized carbons (Fsp3) is 0.308. The van der Waals surface area contributed by atoms with Crippen LogP contribution in [0.5, 0.6) is 0 Å². The molecule has 0 saturated carbocycles. The van der Waals surface area contributed by atoms with Crippen LogP contribution in [0.3, 0.4) is 0 Å². The van der Waals surface area contributed by atoms with Gasteiger partial charge in [-0.1, -0.05) is 15.9 Å². The molecule has 2 rings (SSSR count). The van der Waals surface area contributed by atoms with Crippen LogP contribution in [0.4, 0.5) is 4.39 Å². The molecule has 1 aromatic carbocycles. The van der Waals surface area contributed by atoms with Crippen molar-refractivity contribution < 1.29 is 4.39 Å². The average molecular weight is 329 g/mol. The SMILES string of the molecule is CNC(C)c1sc(-c2cc(F)ccc2Br)nc1C. The van der Waals surface area contributed by atoms with Gasteiger partial charge in [-0.15, -0.1) is 11.3 Å². The molecule has 0 spiro atoms. The van der Waals surface area contributed by atoms with Crippen molar-refractivity contribution >= 4 is 27.3 Å². The van der Waals surface area contributed by atoms with E-state index in [2.05, 4.69) is 33.2 Å². The molecule has 0 radical (unpaired) electrons. The normalized spacial score (nSPS) is 12.7. The molecule has 2 nitrogen and oxygen atoms in total. The Morgan fingerprint density at radius 1 is 1.44 bits per heavy atom. The summed E-state index contributed by atoms with van der Waals surface area (Å²) in [5, 5.41) is 4.04. The van der Waals surface area contributed by atoms with E-state index in [0.717, 1.165) is 20.7 Å². The van der Waals surface area contributed by atoms with Gasteiger partial charge in [0.15, 0.2) is 0 Å². The van der Waals surface area contributed by atoms with Gasteiger partial charge in [-0.3, -0.25) is 0 Å². The molecule has 1 aromatic heterocycles. The highest BCUT2D eigenvalue weighted by Gasteiger charge is 2.15. The number of benzene rings is 1. The average Bonchev–Trinajstić information content (AvgIpc) is 2.73. The van der Waals surface area contributed by atoms with E-state index < -0.39 is 0 Å². The van der Waals surface area contributed by atoms with Crippen molar-refractivity contribution in [1.82, 2.24) is 10.3 Å². The third-order valence-corrected chi connectivity index (χ3v) is 4.88. The van der Waals surface area contributed by atoms with Crippen LogP contribution in [0.1, 0.15) is 23.5 Å². The van der Waals surface area contributed by atoms with E-state index in [4.69, 9.17) is 0 Å². The number of halogens is 2. The van der Waals surface area contributed by atoms with Crippen LogP contribution >= 0.6 is 27.3 Å². The number of nitrogens with zero attached hydrogens (tertiary/aromatic N) is 1. The lowest BCUT2D eigenvalue weighted by molar-refractivity contribution is 0.628. The zero-order chi connectivity index (χ0) is 13.3. The van der Waals surface area contributed by atoms with Crippen molar-refractivity contribution in [2.24, 2.45) is 0 Å². The van der Waals surface area contributed by atoms with Crippen LogP contribution < -0.4 is 5.32 Å². The predicted molar refractivity (Wildman–Crippen MR) is 77.4 cm³/mol. The molecule has 0 aliphatic heterocycles. The molecule has 0 fully saturated rings. The highest BCUT2D eigenvalue weighted by molar-refractivity contribution is 9.10. The topological polar surface area (TPSA) is 24.9 Å². The number of hydrogen-bond donors (Lipinski definition) is 1. The molecule has 0 aliphatic carbocycles. The van der Waals surface area contributed by atoms with Crippen LogP contribution in [0.15, 0.2) is 22.7 Å². The van der Waals surface area contributed by atoms with E-state index in [1.54, 1.807) is 17.4 Å². The van der Waals surface area contributed by atoms with Crippen LogP contribution in [0, 0.1) is 12.7 Å². The molecule has 0 amide bonds. The van der Waals surface area contributed by atoms with Crippen molar-refractivity contribution in [2.75, 3.05) is 7.05 Å². The molecule has 1 unspecified atom stereocenters. The second-order valence-corrected chi connectivity index (χ2v) is 5.99. The molecule has 1 atom stereocenters. The minimum absolute atomic E-state index is 0.246. The van der Waals surface area contributed by atoms with Crippen LogP contribution in [0.25, 0.3) is 10.6 Å². The standard InChI is InChI=1S/C13H14BrFN2S/c1-7(16-3)12-8(2)17-13(18-12)10-6-9(15)4-5-11(10)14/h4-7,16H,1-3H3. The number of nitrogens with one attached hydrogen (secondary N) is 1. The molecular weight excluding hydrogens is 315 g/mol.